The standard InChI is InChI=1S/C11H20O5S/c1-3-11(13,10(12)16-4-2)9-6-5-7-17(14,15)8-9/h9,13H,3-8H2,1-2H3. The van der Waals surface area contributed by atoms with Crippen LogP contribution in [0.5, 0.6) is 0 Å². The highest BCUT2D eigenvalue weighted by atomic mass is 32.2. The van der Waals surface area contributed by atoms with E-state index in [1.165, 1.54) is 0 Å². The van der Waals surface area contributed by atoms with Crippen molar-refractivity contribution in [2.24, 2.45) is 5.92 Å². The average Bonchev–Trinajstić information content (AvgIpc) is 2.27. The molecular weight excluding hydrogens is 244 g/mol. The molecule has 2 atom stereocenters. The molecule has 17 heavy (non-hydrogen) atoms. The molecule has 1 aliphatic heterocycles. The molecule has 1 saturated heterocycles. The fourth-order valence-electron chi connectivity index (χ4n) is 2.26. The number of rotatable bonds is 4. The zero-order valence-electron chi connectivity index (χ0n) is 10.3. The second-order valence-corrected chi connectivity index (χ2v) is 6.68. The molecule has 1 aliphatic rings. The molecule has 1 fully saturated rings. The minimum Gasteiger partial charge on any atom is -0.464 e. The lowest BCUT2D eigenvalue weighted by Gasteiger charge is -2.35. The SMILES string of the molecule is CCOC(=O)C(O)(CC)C1CCCS(=O)(=O)C1. The number of carbonyl (C=O) groups excluding carboxylic acids is 1. The molecular formula is C11H20O5S. The zero-order valence-corrected chi connectivity index (χ0v) is 11.1. The van der Waals surface area contributed by atoms with Crippen molar-refractivity contribution in [3.05, 3.63) is 0 Å². The highest BCUT2D eigenvalue weighted by molar-refractivity contribution is 7.91. The molecule has 1 heterocycles. The Morgan fingerprint density at radius 2 is 2.12 bits per heavy atom. The lowest BCUT2D eigenvalue weighted by atomic mass is 9.83. The predicted octanol–water partition coefficient (Wildman–Crippen LogP) is 0.515. The zero-order chi connectivity index (χ0) is 13.1. The van der Waals surface area contributed by atoms with E-state index in [0.717, 1.165) is 0 Å². The summed E-state index contributed by atoms with van der Waals surface area (Å²) in [5.41, 5.74) is -1.66. The molecule has 1 rings (SSSR count). The summed E-state index contributed by atoms with van der Waals surface area (Å²) >= 11 is 0. The monoisotopic (exact) mass is 264 g/mol. The van der Waals surface area contributed by atoms with Crippen LogP contribution in [0.3, 0.4) is 0 Å². The van der Waals surface area contributed by atoms with Crippen LogP contribution in [0.4, 0.5) is 0 Å². The largest absolute Gasteiger partial charge is 0.464 e. The number of ether oxygens (including phenoxy) is 1. The number of sulfone groups is 1. The topological polar surface area (TPSA) is 80.7 Å². The Balaban J connectivity index is 2.89. The van der Waals surface area contributed by atoms with Gasteiger partial charge >= 0.3 is 5.97 Å². The summed E-state index contributed by atoms with van der Waals surface area (Å²) < 4.78 is 27.9. The number of esters is 1. The average molecular weight is 264 g/mol. The van der Waals surface area contributed by atoms with E-state index in [9.17, 15) is 18.3 Å². The van der Waals surface area contributed by atoms with Crippen molar-refractivity contribution in [3.63, 3.8) is 0 Å². The maximum atomic E-state index is 11.7. The second kappa shape index (κ2) is 5.35. The van der Waals surface area contributed by atoms with Gasteiger partial charge in [-0.25, -0.2) is 13.2 Å². The first-order valence-electron chi connectivity index (χ1n) is 5.95. The summed E-state index contributed by atoms with van der Waals surface area (Å²) in [7, 11) is -3.14. The Morgan fingerprint density at radius 3 is 2.59 bits per heavy atom. The van der Waals surface area contributed by atoms with Crippen molar-refractivity contribution in [2.45, 2.75) is 38.7 Å². The molecule has 1 N–H and O–H groups in total. The van der Waals surface area contributed by atoms with Crippen LogP contribution in [0.15, 0.2) is 0 Å². The van der Waals surface area contributed by atoms with E-state index in [-0.39, 0.29) is 24.5 Å². The summed E-state index contributed by atoms with van der Waals surface area (Å²) in [6, 6.07) is 0. The van der Waals surface area contributed by atoms with Gasteiger partial charge in [-0.3, -0.25) is 0 Å². The van der Waals surface area contributed by atoms with Crippen LogP contribution in [-0.2, 0) is 19.4 Å². The summed E-state index contributed by atoms with van der Waals surface area (Å²) in [6.45, 7) is 3.50. The van der Waals surface area contributed by atoms with Gasteiger partial charge in [0.05, 0.1) is 18.1 Å². The lowest BCUT2D eigenvalue weighted by Crippen LogP contribution is -2.50. The summed E-state index contributed by atoms with van der Waals surface area (Å²) in [5, 5.41) is 10.3. The highest BCUT2D eigenvalue weighted by Crippen LogP contribution is 2.32. The van der Waals surface area contributed by atoms with Gasteiger partial charge in [0.15, 0.2) is 15.4 Å². The van der Waals surface area contributed by atoms with E-state index in [1.54, 1.807) is 13.8 Å². The van der Waals surface area contributed by atoms with Crippen molar-refractivity contribution in [1.29, 1.82) is 0 Å². The molecule has 6 heteroatoms. The third-order valence-corrected chi connectivity index (χ3v) is 5.13. The van der Waals surface area contributed by atoms with Crippen LogP contribution in [0.2, 0.25) is 0 Å². The van der Waals surface area contributed by atoms with Crippen LogP contribution in [0.25, 0.3) is 0 Å². The molecule has 0 amide bonds. The lowest BCUT2D eigenvalue weighted by molar-refractivity contribution is -0.171. The minimum absolute atomic E-state index is 0.129. The van der Waals surface area contributed by atoms with E-state index >= 15 is 0 Å². The van der Waals surface area contributed by atoms with Gasteiger partial charge in [0.2, 0.25) is 0 Å². The molecule has 0 bridgehead atoms. The minimum atomic E-state index is -3.14. The maximum Gasteiger partial charge on any atom is 0.338 e. The summed E-state index contributed by atoms with van der Waals surface area (Å²) in [6.07, 6.45) is 1.21. The van der Waals surface area contributed by atoms with Gasteiger partial charge in [0.1, 0.15) is 0 Å². The van der Waals surface area contributed by atoms with Gasteiger partial charge in [-0.1, -0.05) is 6.92 Å². The van der Waals surface area contributed by atoms with Gasteiger partial charge < -0.3 is 9.84 Å². The van der Waals surface area contributed by atoms with Gasteiger partial charge in [-0.15, -0.1) is 0 Å². The van der Waals surface area contributed by atoms with Crippen LogP contribution in [0.1, 0.15) is 33.1 Å². The Morgan fingerprint density at radius 1 is 1.47 bits per heavy atom. The normalized spacial score (nSPS) is 27.1. The molecule has 100 valence electrons. The van der Waals surface area contributed by atoms with E-state index in [4.69, 9.17) is 4.74 Å². The molecule has 0 aliphatic carbocycles. The molecule has 5 nitrogen and oxygen atoms in total. The van der Waals surface area contributed by atoms with Crippen LogP contribution in [-0.4, -0.2) is 43.2 Å². The van der Waals surface area contributed by atoms with Crippen molar-refractivity contribution >= 4 is 15.8 Å². The second-order valence-electron chi connectivity index (χ2n) is 4.45. The predicted molar refractivity (Wildman–Crippen MR) is 63.3 cm³/mol. The number of hydrogen-bond donors (Lipinski definition) is 1. The van der Waals surface area contributed by atoms with Crippen LogP contribution in [0, 0.1) is 5.92 Å². The van der Waals surface area contributed by atoms with E-state index in [1.807, 2.05) is 0 Å². The smallest absolute Gasteiger partial charge is 0.338 e. The van der Waals surface area contributed by atoms with Crippen molar-refractivity contribution in [1.82, 2.24) is 0 Å². The molecule has 0 aromatic rings. The molecule has 0 aromatic carbocycles. The highest BCUT2D eigenvalue weighted by Gasteiger charge is 2.46. The number of aliphatic hydroxyl groups is 1. The number of carbonyl (C=O) groups is 1. The van der Waals surface area contributed by atoms with Crippen molar-refractivity contribution < 1.29 is 23.1 Å². The number of hydrogen-bond acceptors (Lipinski definition) is 5. The first kappa shape index (κ1) is 14.4. The van der Waals surface area contributed by atoms with Gasteiger partial charge in [-0.05, 0) is 26.2 Å². The molecule has 0 aromatic heterocycles. The molecule has 0 spiro atoms. The molecule has 0 radical (unpaired) electrons. The van der Waals surface area contributed by atoms with Crippen LogP contribution < -0.4 is 0 Å². The third-order valence-electron chi connectivity index (χ3n) is 3.31. The fraction of sp³-hybridized carbons (Fsp3) is 0.909. The summed E-state index contributed by atoms with van der Waals surface area (Å²) in [5.74, 6) is -1.24. The quantitative estimate of drug-likeness (QED) is 0.748. The van der Waals surface area contributed by atoms with Crippen molar-refractivity contribution in [2.75, 3.05) is 18.1 Å². The van der Waals surface area contributed by atoms with Gasteiger partial charge in [-0.2, -0.15) is 0 Å². The van der Waals surface area contributed by atoms with Crippen molar-refractivity contribution in [3.8, 4) is 0 Å². The first-order chi connectivity index (χ1) is 7.85. The first-order valence-corrected chi connectivity index (χ1v) is 7.78. The van der Waals surface area contributed by atoms with Crippen LogP contribution >= 0.6 is 0 Å². The van der Waals surface area contributed by atoms with E-state index in [0.29, 0.717) is 12.8 Å². The Bertz CT molecular complexity index is 375. The Hall–Kier alpha value is -0.620. The molecule has 2 unspecified atom stereocenters. The van der Waals surface area contributed by atoms with Gasteiger partial charge in [0, 0.05) is 5.92 Å². The Labute approximate surface area is 102 Å². The van der Waals surface area contributed by atoms with E-state index < -0.39 is 27.3 Å². The van der Waals surface area contributed by atoms with Gasteiger partial charge in [0.25, 0.3) is 0 Å². The Kier molecular flexibility index (Phi) is 4.55. The third kappa shape index (κ3) is 3.19. The summed E-state index contributed by atoms with van der Waals surface area (Å²) in [4.78, 5) is 11.7. The van der Waals surface area contributed by atoms with E-state index in [2.05, 4.69) is 0 Å². The maximum absolute atomic E-state index is 11.7. The fourth-order valence-corrected chi connectivity index (χ4v) is 4.08. The molecule has 0 saturated carbocycles.